The van der Waals surface area contributed by atoms with E-state index in [4.69, 9.17) is 5.11 Å². The standard InChI is InChI=1S/C15H12BrNO3S/c1-9-6-7-21-13(9)4-5-14(18)17-12-8-10(15(19)20)2-3-11(12)16/h2-8H,1H3,(H,17,18)(H,19,20)/b5-4+. The van der Waals surface area contributed by atoms with E-state index < -0.39 is 5.97 Å². The third-order valence-corrected chi connectivity index (χ3v) is 4.43. The van der Waals surface area contributed by atoms with Gasteiger partial charge in [-0.1, -0.05) is 0 Å². The summed E-state index contributed by atoms with van der Waals surface area (Å²) < 4.78 is 0.626. The van der Waals surface area contributed by atoms with Gasteiger partial charge in [0.05, 0.1) is 11.3 Å². The van der Waals surface area contributed by atoms with Crippen LogP contribution in [0.15, 0.2) is 40.2 Å². The maximum Gasteiger partial charge on any atom is 0.335 e. The Kier molecular flexibility index (Phi) is 4.93. The third kappa shape index (κ3) is 4.03. The highest BCUT2D eigenvalue weighted by atomic mass is 79.9. The molecule has 0 saturated heterocycles. The average molecular weight is 366 g/mol. The fourth-order valence-corrected chi connectivity index (χ4v) is 2.80. The summed E-state index contributed by atoms with van der Waals surface area (Å²) in [5.41, 5.74) is 1.65. The van der Waals surface area contributed by atoms with Crippen molar-refractivity contribution >= 4 is 50.9 Å². The minimum Gasteiger partial charge on any atom is -0.478 e. The molecule has 2 N–H and O–H groups in total. The van der Waals surface area contributed by atoms with Crippen LogP contribution in [0.2, 0.25) is 0 Å². The molecule has 0 radical (unpaired) electrons. The first-order valence-corrected chi connectivity index (χ1v) is 7.70. The van der Waals surface area contributed by atoms with Crippen LogP contribution in [0.4, 0.5) is 5.69 Å². The molecule has 0 spiro atoms. The number of thiophene rings is 1. The number of carboxylic acids is 1. The molecule has 0 bridgehead atoms. The average Bonchev–Trinajstić information content (AvgIpc) is 2.84. The summed E-state index contributed by atoms with van der Waals surface area (Å²) in [6, 6.07) is 6.45. The van der Waals surface area contributed by atoms with Gasteiger partial charge in [0.2, 0.25) is 5.91 Å². The van der Waals surface area contributed by atoms with E-state index in [9.17, 15) is 9.59 Å². The summed E-state index contributed by atoms with van der Waals surface area (Å²) in [4.78, 5) is 23.8. The molecule has 108 valence electrons. The van der Waals surface area contributed by atoms with Crippen LogP contribution >= 0.6 is 27.3 Å². The summed E-state index contributed by atoms with van der Waals surface area (Å²) in [7, 11) is 0. The van der Waals surface area contributed by atoms with Gasteiger partial charge in [-0.25, -0.2) is 4.79 Å². The van der Waals surface area contributed by atoms with Gasteiger partial charge in [0.15, 0.2) is 0 Å². The monoisotopic (exact) mass is 365 g/mol. The van der Waals surface area contributed by atoms with Crippen molar-refractivity contribution in [3.05, 3.63) is 56.2 Å². The topological polar surface area (TPSA) is 66.4 Å². The van der Waals surface area contributed by atoms with Gasteiger partial charge in [0.1, 0.15) is 0 Å². The molecule has 0 aliphatic rings. The number of halogens is 1. The largest absolute Gasteiger partial charge is 0.478 e. The van der Waals surface area contributed by atoms with Gasteiger partial charge in [-0.2, -0.15) is 0 Å². The first-order valence-electron chi connectivity index (χ1n) is 6.03. The van der Waals surface area contributed by atoms with Crippen molar-refractivity contribution in [2.24, 2.45) is 0 Å². The molecule has 1 aromatic carbocycles. The molecule has 6 heteroatoms. The molecular formula is C15H12BrNO3S. The maximum atomic E-state index is 11.9. The second-order valence-corrected chi connectivity index (χ2v) is 6.09. The zero-order valence-corrected chi connectivity index (χ0v) is 13.5. The highest BCUT2D eigenvalue weighted by molar-refractivity contribution is 9.10. The normalized spacial score (nSPS) is 10.8. The van der Waals surface area contributed by atoms with E-state index in [-0.39, 0.29) is 11.5 Å². The molecule has 0 atom stereocenters. The maximum absolute atomic E-state index is 11.9. The van der Waals surface area contributed by atoms with Crippen LogP contribution < -0.4 is 5.32 Å². The minimum absolute atomic E-state index is 0.117. The van der Waals surface area contributed by atoms with Crippen LogP contribution in [0, 0.1) is 6.92 Å². The van der Waals surface area contributed by atoms with E-state index in [1.807, 2.05) is 18.4 Å². The first-order chi connectivity index (χ1) is 9.97. The Morgan fingerprint density at radius 2 is 2.10 bits per heavy atom. The lowest BCUT2D eigenvalue weighted by Gasteiger charge is -2.06. The Labute approximate surface area is 134 Å². The number of amides is 1. The summed E-state index contributed by atoms with van der Waals surface area (Å²) >= 11 is 4.83. The number of hydrogen-bond donors (Lipinski definition) is 2. The van der Waals surface area contributed by atoms with Crippen molar-refractivity contribution in [3.8, 4) is 0 Å². The van der Waals surface area contributed by atoms with Gasteiger partial charge in [0.25, 0.3) is 0 Å². The van der Waals surface area contributed by atoms with Crippen LogP contribution in [0.3, 0.4) is 0 Å². The van der Waals surface area contributed by atoms with Gasteiger partial charge in [0, 0.05) is 15.4 Å². The van der Waals surface area contributed by atoms with Gasteiger partial charge < -0.3 is 10.4 Å². The van der Waals surface area contributed by atoms with Crippen molar-refractivity contribution < 1.29 is 14.7 Å². The molecular weight excluding hydrogens is 354 g/mol. The number of aromatic carboxylic acids is 1. The van der Waals surface area contributed by atoms with Crippen molar-refractivity contribution in [2.45, 2.75) is 6.92 Å². The molecule has 21 heavy (non-hydrogen) atoms. The van der Waals surface area contributed by atoms with E-state index >= 15 is 0 Å². The Morgan fingerprint density at radius 3 is 2.71 bits per heavy atom. The molecule has 0 aliphatic heterocycles. The number of carboxylic acid groups (broad SMARTS) is 1. The lowest BCUT2D eigenvalue weighted by molar-refractivity contribution is -0.111. The minimum atomic E-state index is -1.04. The van der Waals surface area contributed by atoms with Crippen molar-refractivity contribution in [3.63, 3.8) is 0 Å². The molecule has 2 rings (SSSR count). The molecule has 0 aliphatic carbocycles. The van der Waals surface area contributed by atoms with Crippen LogP contribution in [-0.4, -0.2) is 17.0 Å². The van der Waals surface area contributed by atoms with Gasteiger partial charge in [-0.15, -0.1) is 11.3 Å². The summed E-state index contributed by atoms with van der Waals surface area (Å²) in [6.07, 6.45) is 3.17. The van der Waals surface area contributed by atoms with Crippen molar-refractivity contribution in [1.82, 2.24) is 0 Å². The lowest BCUT2D eigenvalue weighted by atomic mass is 10.2. The number of carbonyl (C=O) groups excluding carboxylic acids is 1. The summed E-state index contributed by atoms with van der Waals surface area (Å²) in [6.45, 7) is 1.97. The molecule has 2 aromatic rings. The number of nitrogens with one attached hydrogen (secondary N) is 1. The van der Waals surface area contributed by atoms with Gasteiger partial charge in [-0.3, -0.25) is 4.79 Å². The number of anilines is 1. The Hall–Kier alpha value is -1.92. The van der Waals surface area contributed by atoms with Crippen LogP contribution in [-0.2, 0) is 4.79 Å². The van der Waals surface area contributed by atoms with Crippen LogP contribution in [0.25, 0.3) is 6.08 Å². The van der Waals surface area contributed by atoms with Crippen molar-refractivity contribution in [1.29, 1.82) is 0 Å². The predicted octanol–water partition coefficient (Wildman–Crippen LogP) is 4.17. The lowest BCUT2D eigenvalue weighted by Crippen LogP contribution is -2.09. The SMILES string of the molecule is Cc1ccsc1/C=C/C(=O)Nc1cc(C(=O)O)ccc1Br. The number of aryl methyl sites for hydroxylation is 1. The molecule has 1 heterocycles. The fraction of sp³-hybridized carbons (Fsp3) is 0.0667. The quantitative estimate of drug-likeness (QED) is 0.799. The zero-order valence-electron chi connectivity index (χ0n) is 11.1. The third-order valence-electron chi connectivity index (χ3n) is 2.76. The highest BCUT2D eigenvalue weighted by Gasteiger charge is 2.08. The smallest absolute Gasteiger partial charge is 0.335 e. The molecule has 4 nitrogen and oxygen atoms in total. The molecule has 0 saturated carbocycles. The van der Waals surface area contributed by atoms with E-state index in [1.54, 1.807) is 23.5 Å². The van der Waals surface area contributed by atoms with Crippen LogP contribution in [0.1, 0.15) is 20.8 Å². The number of carbonyl (C=O) groups is 2. The van der Waals surface area contributed by atoms with E-state index in [0.717, 1.165) is 10.4 Å². The Balaban J connectivity index is 2.13. The summed E-state index contributed by atoms with van der Waals surface area (Å²) in [5.74, 6) is -1.35. The second kappa shape index (κ2) is 6.69. The van der Waals surface area contributed by atoms with E-state index in [1.165, 1.54) is 18.2 Å². The van der Waals surface area contributed by atoms with E-state index in [0.29, 0.717) is 10.2 Å². The second-order valence-electron chi connectivity index (χ2n) is 4.29. The van der Waals surface area contributed by atoms with E-state index in [2.05, 4.69) is 21.2 Å². The molecule has 0 unspecified atom stereocenters. The zero-order chi connectivity index (χ0) is 15.4. The Morgan fingerprint density at radius 1 is 1.33 bits per heavy atom. The van der Waals surface area contributed by atoms with Crippen LogP contribution in [0.5, 0.6) is 0 Å². The number of rotatable bonds is 4. The Bertz CT molecular complexity index is 721. The van der Waals surface area contributed by atoms with Gasteiger partial charge >= 0.3 is 5.97 Å². The molecule has 1 aromatic heterocycles. The highest BCUT2D eigenvalue weighted by Crippen LogP contribution is 2.24. The summed E-state index contributed by atoms with van der Waals surface area (Å²) in [5, 5.41) is 13.6. The molecule has 1 amide bonds. The fourth-order valence-electron chi connectivity index (χ4n) is 1.64. The number of benzene rings is 1. The number of hydrogen-bond acceptors (Lipinski definition) is 3. The molecule has 0 fully saturated rings. The van der Waals surface area contributed by atoms with Crippen molar-refractivity contribution in [2.75, 3.05) is 5.32 Å². The van der Waals surface area contributed by atoms with Gasteiger partial charge in [-0.05, 0) is 64.1 Å². The predicted molar refractivity (Wildman–Crippen MR) is 87.8 cm³/mol. The first kappa shape index (κ1) is 15.5.